The molecule has 0 radical (unpaired) electrons. The Morgan fingerprint density at radius 1 is 1.26 bits per heavy atom. The largest absolute Gasteiger partial charge is 0.396 e. The van der Waals surface area contributed by atoms with Crippen LogP contribution in [0.15, 0.2) is 34.9 Å². The van der Waals surface area contributed by atoms with E-state index in [0.717, 1.165) is 16.7 Å². The zero-order valence-corrected chi connectivity index (χ0v) is 12.2. The van der Waals surface area contributed by atoms with Crippen molar-refractivity contribution in [1.29, 1.82) is 0 Å². The quantitative estimate of drug-likeness (QED) is 0.814. The molecule has 1 aromatic carbocycles. The van der Waals surface area contributed by atoms with Crippen LogP contribution in [0, 0.1) is 0 Å². The highest BCUT2D eigenvalue weighted by atomic mass is 79.9. The van der Waals surface area contributed by atoms with Gasteiger partial charge in [0.25, 0.3) is 0 Å². The molecule has 2 rings (SSSR count). The van der Waals surface area contributed by atoms with Crippen LogP contribution >= 0.6 is 15.9 Å². The van der Waals surface area contributed by atoms with Gasteiger partial charge >= 0.3 is 0 Å². The van der Waals surface area contributed by atoms with Gasteiger partial charge in [0.05, 0.1) is 5.69 Å². The van der Waals surface area contributed by atoms with Crippen LogP contribution < -0.4 is 5.32 Å². The van der Waals surface area contributed by atoms with Crippen molar-refractivity contribution >= 4 is 15.9 Å². The van der Waals surface area contributed by atoms with Crippen LogP contribution in [0.2, 0.25) is 0 Å². The van der Waals surface area contributed by atoms with Crippen LogP contribution in [0.5, 0.6) is 0 Å². The van der Waals surface area contributed by atoms with Crippen LogP contribution in [0.3, 0.4) is 0 Å². The van der Waals surface area contributed by atoms with Crippen molar-refractivity contribution in [3.8, 4) is 0 Å². The minimum absolute atomic E-state index is 0.176. The molecule has 0 atom stereocenters. The van der Waals surface area contributed by atoms with Crippen molar-refractivity contribution in [1.82, 2.24) is 20.3 Å². The van der Waals surface area contributed by atoms with E-state index in [-0.39, 0.29) is 6.61 Å². The van der Waals surface area contributed by atoms with Gasteiger partial charge in [0, 0.05) is 36.9 Å². The van der Waals surface area contributed by atoms with Crippen molar-refractivity contribution in [3.63, 3.8) is 0 Å². The van der Waals surface area contributed by atoms with E-state index in [9.17, 15) is 0 Å². The molecule has 0 saturated heterocycles. The van der Waals surface area contributed by atoms with E-state index < -0.39 is 0 Å². The molecule has 2 N–H and O–H groups in total. The lowest BCUT2D eigenvalue weighted by Crippen LogP contribution is -2.13. The molecule has 0 fully saturated rings. The monoisotopic (exact) mass is 324 g/mol. The van der Waals surface area contributed by atoms with Crippen molar-refractivity contribution < 1.29 is 5.11 Å². The summed E-state index contributed by atoms with van der Waals surface area (Å²) in [5, 5.41) is 20.2. The summed E-state index contributed by atoms with van der Waals surface area (Å²) in [6.07, 6.45) is 2.61. The average molecular weight is 325 g/mol. The predicted molar refractivity (Wildman–Crippen MR) is 76.4 cm³/mol. The van der Waals surface area contributed by atoms with E-state index in [1.165, 1.54) is 5.56 Å². The van der Waals surface area contributed by atoms with E-state index in [2.05, 4.69) is 37.6 Å². The number of aliphatic hydroxyl groups is 1. The summed E-state index contributed by atoms with van der Waals surface area (Å²) in [4.78, 5) is 0. The first kappa shape index (κ1) is 14.2. The number of hydrogen-bond donors (Lipinski definition) is 2. The number of nitrogens with one attached hydrogen (secondary N) is 1. The second-order valence-electron chi connectivity index (χ2n) is 4.25. The predicted octanol–water partition coefficient (Wildman–Crippen LogP) is 1.71. The van der Waals surface area contributed by atoms with E-state index >= 15 is 0 Å². The molecule has 102 valence electrons. The summed E-state index contributed by atoms with van der Waals surface area (Å²) in [5.41, 5.74) is 2.13. The van der Waals surface area contributed by atoms with Gasteiger partial charge in [0.2, 0.25) is 0 Å². The van der Waals surface area contributed by atoms with E-state index in [1.54, 1.807) is 4.68 Å². The summed E-state index contributed by atoms with van der Waals surface area (Å²) >= 11 is 3.52. The standard InChI is InChI=1S/C13H17BrN4O/c14-13-5-2-1-4-11(13)8-15-9-12-10-18(17-16-12)6-3-7-19/h1-2,4-5,10,15,19H,3,6-9H2. The molecule has 0 spiro atoms. The maximum Gasteiger partial charge on any atom is 0.0964 e. The summed E-state index contributed by atoms with van der Waals surface area (Å²) in [5.74, 6) is 0. The molecule has 1 heterocycles. The summed E-state index contributed by atoms with van der Waals surface area (Å²) in [6.45, 7) is 2.34. The molecule has 1 aromatic heterocycles. The Balaban J connectivity index is 1.79. The zero-order chi connectivity index (χ0) is 13.5. The van der Waals surface area contributed by atoms with Crippen molar-refractivity contribution in [2.75, 3.05) is 6.61 Å². The molecule has 0 aliphatic rings. The van der Waals surface area contributed by atoms with Gasteiger partial charge in [-0.05, 0) is 18.1 Å². The lowest BCUT2D eigenvalue weighted by molar-refractivity contribution is 0.276. The van der Waals surface area contributed by atoms with Gasteiger partial charge in [0.1, 0.15) is 0 Å². The summed E-state index contributed by atoms with van der Waals surface area (Å²) < 4.78 is 2.86. The number of aryl methyl sites for hydroxylation is 1. The summed E-state index contributed by atoms with van der Waals surface area (Å²) in [6, 6.07) is 8.13. The van der Waals surface area contributed by atoms with Gasteiger partial charge in [-0.15, -0.1) is 5.10 Å². The van der Waals surface area contributed by atoms with Crippen LogP contribution in [0.25, 0.3) is 0 Å². The van der Waals surface area contributed by atoms with E-state index in [1.807, 2.05) is 24.4 Å². The Morgan fingerprint density at radius 3 is 2.89 bits per heavy atom. The summed E-state index contributed by atoms with van der Waals surface area (Å²) in [7, 11) is 0. The smallest absolute Gasteiger partial charge is 0.0964 e. The highest BCUT2D eigenvalue weighted by Crippen LogP contribution is 2.15. The van der Waals surface area contributed by atoms with Gasteiger partial charge in [-0.1, -0.05) is 39.3 Å². The molecule has 0 bridgehead atoms. The van der Waals surface area contributed by atoms with Gasteiger partial charge in [-0.2, -0.15) is 0 Å². The third-order valence-corrected chi connectivity index (χ3v) is 3.48. The Kier molecular flexibility index (Phi) is 5.50. The molecule has 5 nitrogen and oxygen atoms in total. The number of aliphatic hydroxyl groups excluding tert-OH is 1. The average Bonchev–Trinajstić information content (AvgIpc) is 2.86. The van der Waals surface area contributed by atoms with Gasteiger partial charge < -0.3 is 10.4 Å². The van der Waals surface area contributed by atoms with E-state index in [4.69, 9.17) is 5.11 Å². The zero-order valence-electron chi connectivity index (χ0n) is 10.6. The van der Waals surface area contributed by atoms with Crippen LogP contribution in [0.4, 0.5) is 0 Å². The SMILES string of the molecule is OCCCn1cc(CNCc2ccccc2Br)nn1. The third-order valence-electron chi connectivity index (χ3n) is 2.71. The number of halogens is 1. The van der Waals surface area contributed by atoms with Gasteiger partial charge in [-0.25, -0.2) is 0 Å². The first-order valence-electron chi connectivity index (χ1n) is 6.23. The van der Waals surface area contributed by atoms with Gasteiger partial charge in [0.15, 0.2) is 0 Å². The molecule has 0 aliphatic carbocycles. The molecular weight excluding hydrogens is 308 g/mol. The minimum Gasteiger partial charge on any atom is -0.396 e. The molecule has 0 saturated carbocycles. The Bertz CT molecular complexity index is 515. The molecule has 2 aromatic rings. The van der Waals surface area contributed by atoms with Crippen molar-refractivity contribution in [3.05, 3.63) is 46.2 Å². The fraction of sp³-hybridized carbons (Fsp3) is 0.385. The molecular formula is C13H17BrN4O. The highest BCUT2D eigenvalue weighted by Gasteiger charge is 2.02. The van der Waals surface area contributed by atoms with Crippen LogP contribution in [-0.4, -0.2) is 26.7 Å². The van der Waals surface area contributed by atoms with Crippen LogP contribution in [0.1, 0.15) is 17.7 Å². The first-order valence-corrected chi connectivity index (χ1v) is 7.03. The molecule has 0 amide bonds. The maximum atomic E-state index is 8.75. The number of aromatic nitrogens is 3. The number of hydrogen-bond acceptors (Lipinski definition) is 4. The number of rotatable bonds is 7. The second-order valence-corrected chi connectivity index (χ2v) is 5.10. The van der Waals surface area contributed by atoms with Crippen molar-refractivity contribution in [2.24, 2.45) is 0 Å². The number of benzene rings is 1. The maximum absolute atomic E-state index is 8.75. The molecule has 0 unspecified atom stereocenters. The lowest BCUT2D eigenvalue weighted by Gasteiger charge is -2.04. The van der Waals surface area contributed by atoms with Crippen molar-refractivity contribution in [2.45, 2.75) is 26.1 Å². The normalized spacial score (nSPS) is 10.8. The Labute approximate surface area is 120 Å². The minimum atomic E-state index is 0.176. The first-order chi connectivity index (χ1) is 9.29. The highest BCUT2D eigenvalue weighted by molar-refractivity contribution is 9.10. The topological polar surface area (TPSA) is 63.0 Å². The Hall–Kier alpha value is -1.24. The molecule has 6 heteroatoms. The third kappa shape index (κ3) is 4.41. The van der Waals surface area contributed by atoms with E-state index in [0.29, 0.717) is 19.5 Å². The Morgan fingerprint density at radius 2 is 2.11 bits per heavy atom. The lowest BCUT2D eigenvalue weighted by atomic mass is 10.2. The fourth-order valence-corrected chi connectivity index (χ4v) is 2.15. The number of nitrogens with zero attached hydrogens (tertiary/aromatic N) is 3. The van der Waals surface area contributed by atoms with Gasteiger partial charge in [-0.3, -0.25) is 4.68 Å². The fourth-order valence-electron chi connectivity index (χ4n) is 1.73. The molecule has 19 heavy (non-hydrogen) atoms. The van der Waals surface area contributed by atoms with Crippen LogP contribution in [-0.2, 0) is 19.6 Å². The second kappa shape index (κ2) is 7.37. The molecule has 0 aliphatic heterocycles.